The smallest absolute Gasteiger partial charge is 0.143 e. The van der Waals surface area contributed by atoms with Crippen molar-refractivity contribution in [3.05, 3.63) is 181 Å². The lowest BCUT2D eigenvalue weighted by atomic mass is 9.81. The van der Waals surface area contributed by atoms with E-state index >= 15 is 0 Å². The quantitative estimate of drug-likeness (QED) is 0.172. The minimum Gasteiger partial charge on any atom is -0.455 e. The highest BCUT2D eigenvalue weighted by Gasteiger charge is 2.35. The molecule has 0 bridgehead atoms. The molecule has 0 N–H and O–H groups in total. The summed E-state index contributed by atoms with van der Waals surface area (Å²) in [5.74, 6) is 0. The molecule has 52 heavy (non-hydrogen) atoms. The Morgan fingerprint density at radius 1 is 0.365 bits per heavy atom. The summed E-state index contributed by atoms with van der Waals surface area (Å²) in [6, 6.07) is 62.4. The number of hydrogen-bond acceptors (Lipinski definition) is 1. The summed E-state index contributed by atoms with van der Waals surface area (Å²) in [5, 5.41) is 9.79. The normalized spacial score (nSPS) is 13.3. The number of rotatable bonds is 3. The van der Waals surface area contributed by atoms with Gasteiger partial charge in [0.05, 0.1) is 0 Å². The Bertz CT molecular complexity index is 3040. The lowest BCUT2D eigenvalue weighted by molar-refractivity contribution is 0.661. The molecule has 244 valence electrons. The summed E-state index contributed by atoms with van der Waals surface area (Å²) >= 11 is 0. The van der Waals surface area contributed by atoms with Crippen LogP contribution in [0, 0.1) is 0 Å². The molecule has 0 unspecified atom stereocenters. The largest absolute Gasteiger partial charge is 0.455 e. The molecule has 0 atom stereocenters. The predicted octanol–water partition coefficient (Wildman–Crippen LogP) is 14.4. The Balaban J connectivity index is 1.12. The van der Waals surface area contributed by atoms with Crippen molar-refractivity contribution < 1.29 is 4.42 Å². The molecule has 1 aliphatic carbocycles. The van der Waals surface area contributed by atoms with Crippen molar-refractivity contribution in [2.45, 2.75) is 19.3 Å². The van der Waals surface area contributed by atoms with Crippen molar-refractivity contribution in [1.29, 1.82) is 0 Å². The fraction of sp³-hybridized carbons (Fsp3) is 0.0588. The van der Waals surface area contributed by atoms with E-state index in [1.807, 2.05) is 6.07 Å². The van der Waals surface area contributed by atoms with Crippen molar-refractivity contribution in [2.24, 2.45) is 0 Å². The lowest BCUT2D eigenvalue weighted by Crippen LogP contribution is -2.14. The molecule has 0 saturated heterocycles. The second-order valence-electron chi connectivity index (χ2n) is 14.8. The molecule has 0 fully saturated rings. The van der Waals surface area contributed by atoms with Gasteiger partial charge in [0.2, 0.25) is 0 Å². The third-order valence-electron chi connectivity index (χ3n) is 11.6. The summed E-state index contributed by atoms with van der Waals surface area (Å²) in [7, 11) is 0. The van der Waals surface area contributed by atoms with Crippen molar-refractivity contribution in [1.82, 2.24) is 0 Å². The summed E-state index contributed by atoms with van der Waals surface area (Å²) in [6.45, 7) is 4.72. The van der Waals surface area contributed by atoms with E-state index in [1.54, 1.807) is 0 Å². The topological polar surface area (TPSA) is 13.1 Å². The highest BCUT2D eigenvalue weighted by Crippen LogP contribution is 2.51. The fourth-order valence-corrected chi connectivity index (χ4v) is 9.14. The van der Waals surface area contributed by atoms with Gasteiger partial charge < -0.3 is 4.42 Å². The van der Waals surface area contributed by atoms with Crippen molar-refractivity contribution in [2.75, 3.05) is 0 Å². The standard InChI is InChI=1S/C51H34O/c1-51(2)45-26-25-34(29-43(45)44-28-32-13-3-4-14-33(32)30-46(44)51)31-15-11-16-35(27-31)48-37-18-5-7-20-39(37)49(40-21-8-6-19-38(40)48)42-23-12-22-41-36-17-9-10-24-47(36)52-50(41)42/h3-30H,1-2H3. The Morgan fingerprint density at radius 3 is 1.67 bits per heavy atom. The van der Waals surface area contributed by atoms with Gasteiger partial charge in [-0.2, -0.15) is 0 Å². The van der Waals surface area contributed by atoms with E-state index in [0.717, 1.165) is 27.5 Å². The monoisotopic (exact) mass is 662 g/mol. The molecule has 1 heterocycles. The van der Waals surface area contributed by atoms with E-state index < -0.39 is 0 Å². The first-order chi connectivity index (χ1) is 25.5. The Labute approximate surface area is 302 Å². The van der Waals surface area contributed by atoms with Gasteiger partial charge in [-0.3, -0.25) is 0 Å². The average molecular weight is 663 g/mol. The summed E-state index contributed by atoms with van der Waals surface area (Å²) in [5.41, 5.74) is 14.5. The van der Waals surface area contributed by atoms with Gasteiger partial charge in [0, 0.05) is 27.3 Å². The van der Waals surface area contributed by atoms with Crippen LogP contribution >= 0.6 is 0 Å². The van der Waals surface area contributed by atoms with Crippen molar-refractivity contribution in [3.63, 3.8) is 0 Å². The summed E-state index contributed by atoms with van der Waals surface area (Å²) in [6.07, 6.45) is 0. The third kappa shape index (κ3) is 4.11. The zero-order valence-corrected chi connectivity index (χ0v) is 29.1. The Hall–Kier alpha value is -6.44. The first kappa shape index (κ1) is 29.3. The SMILES string of the molecule is CC1(C)c2ccc(-c3cccc(-c4c5ccccc5c(-c5cccc6c5oc5ccccc56)c5ccccc45)c3)cc2-c2cc3ccccc3cc21. The van der Waals surface area contributed by atoms with E-state index in [4.69, 9.17) is 4.42 Å². The first-order valence-electron chi connectivity index (χ1n) is 18.2. The maximum absolute atomic E-state index is 6.60. The molecule has 10 aromatic rings. The van der Waals surface area contributed by atoms with E-state index in [0.29, 0.717) is 0 Å². The van der Waals surface area contributed by atoms with Crippen LogP contribution in [0.4, 0.5) is 0 Å². The van der Waals surface area contributed by atoms with Crippen LogP contribution in [-0.2, 0) is 5.41 Å². The van der Waals surface area contributed by atoms with Gasteiger partial charge in [0.15, 0.2) is 0 Å². The fourth-order valence-electron chi connectivity index (χ4n) is 9.14. The van der Waals surface area contributed by atoms with Crippen LogP contribution in [0.2, 0.25) is 0 Å². The van der Waals surface area contributed by atoms with Gasteiger partial charge in [0.1, 0.15) is 11.2 Å². The molecule has 0 aliphatic heterocycles. The highest BCUT2D eigenvalue weighted by molar-refractivity contribution is 6.24. The number of benzene rings is 9. The van der Waals surface area contributed by atoms with Gasteiger partial charge in [0.25, 0.3) is 0 Å². The van der Waals surface area contributed by atoms with Crippen LogP contribution in [0.15, 0.2) is 174 Å². The van der Waals surface area contributed by atoms with Crippen LogP contribution in [0.3, 0.4) is 0 Å². The molecule has 11 rings (SSSR count). The molecular weight excluding hydrogens is 629 g/mol. The van der Waals surface area contributed by atoms with E-state index in [1.165, 1.54) is 82.4 Å². The molecule has 1 aliphatic rings. The Kier molecular flexibility index (Phi) is 6.08. The molecule has 1 aromatic heterocycles. The molecule has 1 heteroatoms. The van der Waals surface area contributed by atoms with Crippen LogP contribution in [0.25, 0.3) is 98.8 Å². The van der Waals surface area contributed by atoms with Gasteiger partial charge >= 0.3 is 0 Å². The van der Waals surface area contributed by atoms with E-state index in [9.17, 15) is 0 Å². The van der Waals surface area contributed by atoms with Gasteiger partial charge in [-0.15, -0.1) is 0 Å². The molecule has 0 saturated carbocycles. The zero-order valence-electron chi connectivity index (χ0n) is 29.1. The lowest BCUT2D eigenvalue weighted by Gasteiger charge is -2.22. The number of para-hydroxylation sites is 2. The summed E-state index contributed by atoms with van der Waals surface area (Å²) < 4.78 is 6.60. The van der Waals surface area contributed by atoms with Crippen LogP contribution in [0.5, 0.6) is 0 Å². The van der Waals surface area contributed by atoms with E-state index in [2.05, 4.69) is 178 Å². The first-order valence-corrected chi connectivity index (χ1v) is 18.2. The number of furan rings is 1. The molecular formula is C51H34O. The number of hydrogen-bond donors (Lipinski definition) is 0. The van der Waals surface area contributed by atoms with Crippen molar-refractivity contribution in [3.8, 4) is 44.5 Å². The molecule has 0 spiro atoms. The predicted molar refractivity (Wildman–Crippen MR) is 220 cm³/mol. The van der Waals surface area contributed by atoms with Gasteiger partial charge in [-0.05, 0) is 107 Å². The molecule has 0 radical (unpaired) electrons. The van der Waals surface area contributed by atoms with Crippen LogP contribution in [0.1, 0.15) is 25.0 Å². The Morgan fingerprint density at radius 2 is 0.923 bits per heavy atom. The number of fused-ring (bicyclic) bond motifs is 9. The molecule has 0 amide bonds. The van der Waals surface area contributed by atoms with Crippen molar-refractivity contribution >= 4 is 54.3 Å². The molecule has 1 nitrogen and oxygen atoms in total. The minimum absolute atomic E-state index is 0.0542. The second-order valence-corrected chi connectivity index (χ2v) is 14.8. The highest BCUT2D eigenvalue weighted by atomic mass is 16.3. The maximum Gasteiger partial charge on any atom is 0.143 e. The summed E-state index contributed by atoms with van der Waals surface area (Å²) in [4.78, 5) is 0. The van der Waals surface area contributed by atoms with Gasteiger partial charge in [-0.1, -0.05) is 153 Å². The van der Waals surface area contributed by atoms with Crippen LogP contribution < -0.4 is 0 Å². The average Bonchev–Trinajstić information content (AvgIpc) is 3.68. The van der Waals surface area contributed by atoms with Crippen LogP contribution in [-0.4, -0.2) is 0 Å². The molecule has 9 aromatic carbocycles. The van der Waals surface area contributed by atoms with Gasteiger partial charge in [-0.25, -0.2) is 0 Å². The van der Waals surface area contributed by atoms with E-state index in [-0.39, 0.29) is 5.41 Å². The minimum atomic E-state index is -0.0542. The second kappa shape index (κ2) is 10.8. The zero-order chi connectivity index (χ0) is 34.6. The maximum atomic E-state index is 6.60. The third-order valence-corrected chi connectivity index (χ3v) is 11.6.